The number of carbonyl (C=O) groups excluding carboxylic acids is 1. The average Bonchev–Trinajstić information content (AvgIpc) is 2.45. The van der Waals surface area contributed by atoms with Gasteiger partial charge in [0.2, 0.25) is 5.91 Å². The maximum absolute atomic E-state index is 10.9. The van der Waals surface area contributed by atoms with Crippen LogP contribution in [0.1, 0.15) is 23.6 Å². The first kappa shape index (κ1) is 14.9. The fourth-order valence-corrected chi connectivity index (χ4v) is 1.99. The fourth-order valence-electron chi connectivity index (χ4n) is 1.99. The second-order valence-electron chi connectivity index (χ2n) is 4.77. The van der Waals surface area contributed by atoms with Crippen molar-refractivity contribution in [3.63, 3.8) is 0 Å². The van der Waals surface area contributed by atoms with Crippen LogP contribution in [0.25, 0.3) is 0 Å². The molecule has 0 aliphatic rings. The van der Waals surface area contributed by atoms with E-state index in [-0.39, 0.29) is 12.2 Å². The van der Waals surface area contributed by atoms with Gasteiger partial charge in [-0.25, -0.2) is 0 Å². The highest BCUT2D eigenvalue weighted by atomic mass is 16.5. The van der Waals surface area contributed by atoms with Gasteiger partial charge in [-0.3, -0.25) is 4.79 Å². The van der Waals surface area contributed by atoms with Crippen molar-refractivity contribution in [3.05, 3.63) is 59.7 Å². The van der Waals surface area contributed by atoms with E-state index >= 15 is 0 Å². The quantitative estimate of drug-likeness (QED) is 0.754. The molecule has 0 fully saturated rings. The highest BCUT2D eigenvalue weighted by Crippen LogP contribution is 2.29. The first-order chi connectivity index (χ1) is 10.1. The summed E-state index contributed by atoms with van der Waals surface area (Å²) in [6.45, 7) is 0.410. The molecule has 0 aliphatic heterocycles. The summed E-state index contributed by atoms with van der Waals surface area (Å²) in [5, 5.41) is 9.96. The normalized spacial score (nSPS) is 11.9. The fraction of sp³-hybridized carbons (Fsp3) is 0.188. The zero-order valence-corrected chi connectivity index (χ0v) is 11.5. The third-order valence-corrected chi connectivity index (χ3v) is 3.07. The Hall–Kier alpha value is -2.53. The van der Waals surface area contributed by atoms with Gasteiger partial charge >= 0.3 is 0 Å². The second kappa shape index (κ2) is 6.76. The number of hydrogen-bond donors (Lipinski definition) is 3. The predicted octanol–water partition coefficient (Wildman–Crippen LogP) is 1.85. The Morgan fingerprint density at radius 3 is 2.52 bits per heavy atom. The molecule has 0 saturated carbocycles. The lowest BCUT2D eigenvalue weighted by Crippen LogP contribution is -2.20. The van der Waals surface area contributed by atoms with Crippen molar-refractivity contribution in [1.29, 1.82) is 0 Å². The number of hydrogen-bond acceptors (Lipinski definition) is 4. The van der Waals surface area contributed by atoms with Crippen molar-refractivity contribution in [2.45, 2.75) is 19.1 Å². The van der Waals surface area contributed by atoms with Crippen LogP contribution in [0.2, 0.25) is 0 Å². The summed E-state index contributed by atoms with van der Waals surface area (Å²) in [5.74, 6) is 0.0204. The standard InChI is InChI=1S/C16H18N2O3/c17-14(9-16(18)20)13-7-6-12(8-15(13)19)21-10-11-4-2-1-3-5-11/h1-8,14,19H,9-10,17H2,(H2,18,20). The van der Waals surface area contributed by atoms with Gasteiger partial charge in [0.05, 0.1) is 0 Å². The Morgan fingerprint density at radius 2 is 1.90 bits per heavy atom. The van der Waals surface area contributed by atoms with Crippen molar-refractivity contribution in [2.24, 2.45) is 11.5 Å². The predicted molar refractivity (Wildman–Crippen MR) is 79.6 cm³/mol. The molecule has 2 aromatic rings. The largest absolute Gasteiger partial charge is 0.507 e. The Bertz CT molecular complexity index is 614. The Morgan fingerprint density at radius 1 is 1.19 bits per heavy atom. The van der Waals surface area contributed by atoms with Crippen molar-refractivity contribution < 1.29 is 14.6 Å². The molecule has 0 radical (unpaired) electrons. The van der Waals surface area contributed by atoms with Crippen molar-refractivity contribution in [1.82, 2.24) is 0 Å². The number of rotatable bonds is 6. The van der Waals surface area contributed by atoms with Gasteiger partial charge in [0, 0.05) is 24.1 Å². The van der Waals surface area contributed by atoms with Crippen LogP contribution in [0, 0.1) is 0 Å². The van der Waals surface area contributed by atoms with Crippen LogP contribution in [0.4, 0.5) is 0 Å². The van der Waals surface area contributed by atoms with Gasteiger partial charge in [-0.2, -0.15) is 0 Å². The smallest absolute Gasteiger partial charge is 0.219 e. The lowest BCUT2D eigenvalue weighted by Gasteiger charge is -2.13. The number of phenols is 1. The van der Waals surface area contributed by atoms with E-state index < -0.39 is 11.9 Å². The van der Waals surface area contributed by atoms with Crippen LogP contribution in [0.15, 0.2) is 48.5 Å². The molecule has 1 amide bonds. The molecule has 0 saturated heterocycles. The zero-order valence-electron chi connectivity index (χ0n) is 11.5. The topological polar surface area (TPSA) is 98.6 Å². The number of phenolic OH excluding ortho intramolecular Hbond substituents is 1. The first-order valence-corrected chi connectivity index (χ1v) is 6.60. The highest BCUT2D eigenvalue weighted by Gasteiger charge is 2.14. The number of carbonyl (C=O) groups is 1. The van der Waals surface area contributed by atoms with E-state index in [0.29, 0.717) is 17.9 Å². The third kappa shape index (κ3) is 4.22. The summed E-state index contributed by atoms with van der Waals surface area (Å²) in [4.78, 5) is 10.9. The number of ether oxygens (including phenoxy) is 1. The van der Waals surface area contributed by atoms with Crippen molar-refractivity contribution in [3.8, 4) is 11.5 Å². The van der Waals surface area contributed by atoms with E-state index in [1.54, 1.807) is 12.1 Å². The summed E-state index contributed by atoms with van der Waals surface area (Å²) in [7, 11) is 0. The molecule has 5 nitrogen and oxygen atoms in total. The van der Waals surface area contributed by atoms with E-state index in [0.717, 1.165) is 5.56 Å². The maximum atomic E-state index is 10.9. The number of primary amides is 1. The summed E-state index contributed by atoms with van der Waals surface area (Å²) < 4.78 is 5.60. The van der Waals surface area contributed by atoms with E-state index in [2.05, 4.69) is 0 Å². The number of nitrogens with two attached hydrogens (primary N) is 2. The molecule has 110 valence electrons. The van der Waals surface area contributed by atoms with Gasteiger partial charge in [-0.15, -0.1) is 0 Å². The molecule has 1 unspecified atom stereocenters. The van der Waals surface area contributed by atoms with Crippen LogP contribution in [-0.2, 0) is 11.4 Å². The minimum Gasteiger partial charge on any atom is -0.507 e. The van der Waals surface area contributed by atoms with Crippen molar-refractivity contribution >= 4 is 5.91 Å². The lowest BCUT2D eigenvalue weighted by molar-refractivity contribution is -0.118. The molecule has 2 aromatic carbocycles. The molecule has 0 aliphatic carbocycles. The van der Waals surface area contributed by atoms with E-state index in [1.807, 2.05) is 30.3 Å². The zero-order chi connectivity index (χ0) is 15.2. The van der Waals surface area contributed by atoms with Gasteiger partial charge in [0.15, 0.2) is 0 Å². The molecule has 0 spiro atoms. The molecule has 0 bridgehead atoms. The van der Waals surface area contributed by atoms with Crippen LogP contribution >= 0.6 is 0 Å². The minimum atomic E-state index is -0.620. The van der Waals surface area contributed by atoms with E-state index in [9.17, 15) is 9.90 Å². The van der Waals surface area contributed by atoms with Gasteiger partial charge in [0.1, 0.15) is 18.1 Å². The van der Waals surface area contributed by atoms with Gasteiger partial charge < -0.3 is 21.3 Å². The van der Waals surface area contributed by atoms with Gasteiger partial charge in [-0.05, 0) is 11.6 Å². The highest BCUT2D eigenvalue weighted by molar-refractivity contribution is 5.74. The maximum Gasteiger partial charge on any atom is 0.219 e. The molecule has 0 heterocycles. The summed E-state index contributed by atoms with van der Waals surface area (Å²) in [6.07, 6.45) is -0.0161. The SMILES string of the molecule is NC(=O)CC(N)c1ccc(OCc2ccccc2)cc1O. The van der Waals surface area contributed by atoms with Crippen LogP contribution in [0.3, 0.4) is 0 Å². The molecular formula is C16H18N2O3. The Balaban J connectivity index is 2.03. The minimum absolute atomic E-state index is 0.00527. The molecule has 5 N–H and O–H groups in total. The van der Waals surface area contributed by atoms with E-state index in [4.69, 9.17) is 16.2 Å². The van der Waals surface area contributed by atoms with Gasteiger partial charge in [0.25, 0.3) is 0 Å². The Kier molecular flexibility index (Phi) is 4.79. The number of benzene rings is 2. The number of aromatic hydroxyl groups is 1. The van der Waals surface area contributed by atoms with Crippen LogP contribution < -0.4 is 16.2 Å². The third-order valence-electron chi connectivity index (χ3n) is 3.07. The molecule has 21 heavy (non-hydrogen) atoms. The van der Waals surface area contributed by atoms with Crippen molar-refractivity contribution in [2.75, 3.05) is 0 Å². The molecule has 1 atom stereocenters. The average molecular weight is 286 g/mol. The summed E-state index contributed by atoms with van der Waals surface area (Å²) >= 11 is 0. The summed E-state index contributed by atoms with van der Waals surface area (Å²) in [5.41, 5.74) is 12.4. The molecule has 5 heteroatoms. The Labute approximate surface area is 123 Å². The second-order valence-corrected chi connectivity index (χ2v) is 4.77. The van der Waals surface area contributed by atoms with Crippen LogP contribution in [-0.4, -0.2) is 11.0 Å². The monoisotopic (exact) mass is 286 g/mol. The van der Waals surface area contributed by atoms with Crippen LogP contribution in [0.5, 0.6) is 11.5 Å². The molecule has 0 aromatic heterocycles. The first-order valence-electron chi connectivity index (χ1n) is 6.60. The summed E-state index contributed by atoms with van der Waals surface area (Å²) in [6, 6.07) is 13.9. The van der Waals surface area contributed by atoms with E-state index in [1.165, 1.54) is 6.07 Å². The number of amides is 1. The lowest BCUT2D eigenvalue weighted by atomic mass is 10.0. The molecule has 2 rings (SSSR count). The van der Waals surface area contributed by atoms with Gasteiger partial charge in [-0.1, -0.05) is 36.4 Å². The molecular weight excluding hydrogens is 268 g/mol.